The first-order chi connectivity index (χ1) is 15.4. The van der Waals surface area contributed by atoms with Gasteiger partial charge in [-0.25, -0.2) is 22.3 Å². The topological polar surface area (TPSA) is 89.3 Å². The van der Waals surface area contributed by atoms with Gasteiger partial charge in [-0.15, -0.1) is 0 Å². The molecule has 1 aliphatic rings. The quantitative estimate of drug-likeness (QED) is 0.502. The zero-order chi connectivity index (χ0) is 24.1. The molecule has 0 radical (unpaired) electrons. The van der Waals surface area contributed by atoms with Gasteiger partial charge < -0.3 is 5.11 Å². The summed E-state index contributed by atoms with van der Waals surface area (Å²) in [5, 5.41) is 11.8. The second kappa shape index (κ2) is 8.14. The van der Waals surface area contributed by atoms with E-state index in [4.69, 9.17) is 16.7 Å². The third-order valence-electron chi connectivity index (χ3n) is 5.36. The number of rotatable bonds is 4. The fourth-order valence-electron chi connectivity index (χ4n) is 3.89. The second-order valence-corrected chi connectivity index (χ2v) is 9.65. The predicted octanol–water partition coefficient (Wildman–Crippen LogP) is 5.09. The number of carbonyl (C=O) groups is 1. The number of alkyl halides is 3. The zero-order valence-electron chi connectivity index (χ0n) is 16.7. The molecule has 174 valence electrons. The summed E-state index contributed by atoms with van der Waals surface area (Å²) in [5.41, 5.74) is -1.43. The van der Waals surface area contributed by atoms with Gasteiger partial charge >= 0.3 is 12.1 Å². The number of aromatic carboxylic acids is 1. The van der Waals surface area contributed by atoms with Crippen LogP contribution in [0.2, 0.25) is 5.02 Å². The highest BCUT2D eigenvalue weighted by Crippen LogP contribution is 2.41. The summed E-state index contributed by atoms with van der Waals surface area (Å²) in [5.74, 6) is -2.33. The number of carboxylic acid groups (broad SMARTS) is 1. The molecule has 0 atom stereocenters. The van der Waals surface area contributed by atoms with Crippen molar-refractivity contribution >= 4 is 27.4 Å². The van der Waals surface area contributed by atoms with Crippen LogP contribution in [0.3, 0.4) is 0 Å². The minimum atomic E-state index is -4.99. The molecule has 1 N–H and O–H groups in total. The number of benzene rings is 2. The highest BCUT2D eigenvalue weighted by molar-refractivity contribution is 7.91. The molecule has 0 fully saturated rings. The maximum atomic E-state index is 14.7. The SMILES string of the molecule is O=C(O)c1ccc(-n2nc(S(=O)(=O)c3c(Cl)cccc3C(F)(F)F)c3c2CCCC3)c(F)c1. The van der Waals surface area contributed by atoms with Crippen LogP contribution in [0, 0.1) is 5.82 Å². The lowest BCUT2D eigenvalue weighted by molar-refractivity contribution is -0.139. The van der Waals surface area contributed by atoms with Gasteiger partial charge in [0.05, 0.1) is 16.1 Å². The Hall–Kier alpha value is -2.92. The van der Waals surface area contributed by atoms with Crippen LogP contribution in [0.1, 0.15) is 40.0 Å². The lowest BCUT2D eigenvalue weighted by atomic mass is 9.98. The van der Waals surface area contributed by atoms with Gasteiger partial charge in [0, 0.05) is 11.3 Å². The van der Waals surface area contributed by atoms with Gasteiger partial charge in [-0.05, 0) is 56.0 Å². The minimum Gasteiger partial charge on any atom is -0.478 e. The van der Waals surface area contributed by atoms with Crippen molar-refractivity contribution < 1.29 is 35.9 Å². The maximum Gasteiger partial charge on any atom is 0.417 e. The molecular weight excluding hydrogens is 488 g/mol. The van der Waals surface area contributed by atoms with Crippen molar-refractivity contribution in [1.82, 2.24) is 9.78 Å². The van der Waals surface area contributed by atoms with E-state index in [0.29, 0.717) is 31.0 Å². The molecule has 0 bridgehead atoms. The van der Waals surface area contributed by atoms with Crippen LogP contribution in [0.25, 0.3) is 5.69 Å². The van der Waals surface area contributed by atoms with Crippen LogP contribution in [0.5, 0.6) is 0 Å². The van der Waals surface area contributed by atoms with Crippen molar-refractivity contribution in [3.63, 3.8) is 0 Å². The molecule has 1 aliphatic carbocycles. The van der Waals surface area contributed by atoms with E-state index in [1.165, 1.54) is 0 Å². The number of sulfone groups is 1. The third kappa shape index (κ3) is 3.99. The standard InChI is InChI=1S/C21H15ClF4N2O4S/c22-14-6-3-5-13(21(24,25)26)18(14)33(31,32)19-12-4-1-2-7-16(12)28(27-19)17-9-8-11(20(29)30)10-15(17)23/h3,5-6,8-10H,1-2,4,7H2,(H,29,30). The van der Waals surface area contributed by atoms with Gasteiger partial charge in [0.15, 0.2) is 5.03 Å². The van der Waals surface area contributed by atoms with Gasteiger partial charge in [-0.1, -0.05) is 17.7 Å². The summed E-state index contributed by atoms with van der Waals surface area (Å²) in [4.78, 5) is 9.99. The zero-order valence-corrected chi connectivity index (χ0v) is 18.2. The summed E-state index contributed by atoms with van der Waals surface area (Å²) in [7, 11) is -4.85. The first-order valence-electron chi connectivity index (χ1n) is 9.67. The van der Waals surface area contributed by atoms with Crippen LogP contribution >= 0.6 is 11.6 Å². The Morgan fingerprint density at radius 1 is 1.12 bits per heavy atom. The molecule has 3 aromatic rings. The Morgan fingerprint density at radius 2 is 1.82 bits per heavy atom. The Labute approximate surface area is 190 Å². The number of fused-ring (bicyclic) bond motifs is 1. The number of hydrogen-bond acceptors (Lipinski definition) is 4. The molecule has 6 nitrogen and oxygen atoms in total. The number of aromatic nitrogens is 2. The Bertz CT molecular complexity index is 1380. The average molecular weight is 503 g/mol. The normalized spacial score (nSPS) is 14.2. The summed E-state index contributed by atoms with van der Waals surface area (Å²) in [6.45, 7) is 0. The lowest BCUT2D eigenvalue weighted by Crippen LogP contribution is -2.16. The molecule has 4 rings (SSSR count). The maximum absolute atomic E-state index is 14.7. The molecule has 0 amide bonds. The molecule has 2 aromatic carbocycles. The fraction of sp³-hybridized carbons (Fsp3) is 0.238. The smallest absolute Gasteiger partial charge is 0.417 e. The van der Waals surface area contributed by atoms with Crippen LogP contribution < -0.4 is 0 Å². The first kappa shape index (κ1) is 23.2. The molecule has 0 saturated heterocycles. The van der Waals surface area contributed by atoms with Gasteiger partial charge in [0.25, 0.3) is 0 Å². The van der Waals surface area contributed by atoms with Gasteiger partial charge in [-0.3, -0.25) is 0 Å². The molecule has 0 unspecified atom stereocenters. The largest absolute Gasteiger partial charge is 0.478 e. The fourth-order valence-corrected chi connectivity index (χ4v) is 6.10. The molecular formula is C21H15ClF4N2O4S. The average Bonchev–Trinajstić information content (AvgIpc) is 3.13. The number of halogens is 5. The summed E-state index contributed by atoms with van der Waals surface area (Å²) >= 11 is 5.92. The van der Waals surface area contributed by atoms with Crippen LogP contribution in [0.4, 0.5) is 17.6 Å². The van der Waals surface area contributed by atoms with Crippen molar-refractivity contribution in [2.24, 2.45) is 0 Å². The first-order valence-corrected chi connectivity index (χ1v) is 11.5. The molecule has 0 saturated carbocycles. The summed E-state index contributed by atoms with van der Waals surface area (Å²) in [6, 6.07) is 5.68. The van der Waals surface area contributed by atoms with E-state index in [9.17, 15) is 30.8 Å². The third-order valence-corrected chi connectivity index (χ3v) is 7.60. The molecule has 0 spiro atoms. The predicted molar refractivity (Wildman–Crippen MR) is 109 cm³/mol. The molecule has 33 heavy (non-hydrogen) atoms. The van der Waals surface area contributed by atoms with Gasteiger partial charge in [0.2, 0.25) is 9.84 Å². The number of hydrogen-bond donors (Lipinski definition) is 1. The van der Waals surface area contributed by atoms with E-state index >= 15 is 0 Å². The molecule has 12 heteroatoms. The summed E-state index contributed by atoms with van der Waals surface area (Å²) in [6.07, 6.45) is -3.27. The second-order valence-electron chi connectivity index (χ2n) is 7.44. The Kier molecular flexibility index (Phi) is 5.73. The summed E-state index contributed by atoms with van der Waals surface area (Å²) < 4.78 is 83.4. The van der Waals surface area contributed by atoms with E-state index < -0.39 is 48.3 Å². The monoisotopic (exact) mass is 502 g/mol. The van der Waals surface area contributed by atoms with Gasteiger partial charge in [0.1, 0.15) is 16.4 Å². The van der Waals surface area contributed by atoms with E-state index in [0.717, 1.165) is 35.0 Å². The molecule has 0 aliphatic heterocycles. The lowest BCUT2D eigenvalue weighted by Gasteiger charge is -2.16. The van der Waals surface area contributed by atoms with Gasteiger partial charge in [-0.2, -0.15) is 18.3 Å². The highest BCUT2D eigenvalue weighted by Gasteiger charge is 2.41. The van der Waals surface area contributed by atoms with Crippen molar-refractivity contribution in [2.45, 2.75) is 41.8 Å². The Balaban J connectivity index is 1.97. The Morgan fingerprint density at radius 3 is 2.45 bits per heavy atom. The van der Waals surface area contributed by atoms with E-state index in [2.05, 4.69) is 5.10 Å². The highest BCUT2D eigenvalue weighted by atomic mass is 35.5. The van der Waals surface area contributed by atoms with Crippen LogP contribution in [0.15, 0.2) is 46.3 Å². The van der Waals surface area contributed by atoms with E-state index in [1.54, 1.807) is 0 Å². The van der Waals surface area contributed by atoms with Crippen molar-refractivity contribution in [1.29, 1.82) is 0 Å². The van der Waals surface area contributed by atoms with Crippen molar-refractivity contribution in [2.75, 3.05) is 0 Å². The van der Waals surface area contributed by atoms with E-state index in [-0.39, 0.29) is 23.2 Å². The van der Waals surface area contributed by atoms with Crippen LogP contribution in [-0.2, 0) is 28.9 Å². The minimum absolute atomic E-state index is 0.191. The molecule has 1 heterocycles. The van der Waals surface area contributed by atoms with Crippen LogP contribution in [-0.4, -0.2) is 29.3 Å². The number of carboxylic acids is 1. The van der Waals surface area contributed by atoms with Crippen molar-refractivity contribution in [3.05, 3.63) is 69.6 Å². The number of nitrogens with zero attached hydrogens (tertiary/aromatic N) is 2. The molecule has 1 aromatic heterocycles. The van der Waals surface area contributed by atoms with Crippen molar-refractivity contribution in [3.8, 4) is 5.69 Å². The van der Waals surface area contributed by atoms with E-state index in [1.807, 2.05) is 0 Å².